The first-order chi connectivity index (χ1) is 10.1. The second-order valence-corrected chi connectivity index (χ2v) is 6.64. The van der Waals surface area contributed by atoms with Gasteiger partial charge < -0.3 is 15.4 Å². The first-order valence-corrected chi connectivity index (χ1v) is 8.31. The smallest absolute Gasteiger partial charge is 0.122 e. The van der Waals surface area contributed by atoms with Gasteiger partial charge in [0, 0.05) is 17.1 Å². The zero-order valence-corrected chi connectivity index (χ0v) is 13.9. The highest BCUT2D eigenvalue weighted by molar-refractivity contribution is 6.30. The topological polar surface area (TPSA) is 38.5 Å². The summed E-state index contributed by atoms with van der Waals surface area (Å²) >= 11 is 6.07. The van der Waals surface area contributed by atoms with Crippen molar-refractivity contribution in [1.82, 2.24) is 4.90 Å². The van der Waals surface area contributed by atoms with Gasteiger partial charge in [0.25, 0.3) is 0 Å². The Morgan fingerprint density at radius 1 is 1.43 bits per heavy atom. The van der Waals surface area contributed by atoms with Gasteiger partial charge >= 0.3 is 0 Å². The van der Waals surface area contributed by atoms with Gasteiger partial charge in [0.1, 0.15) is 5.75 Å². The van der Waals surface area contributed by atoms with Gasteiger partial charge in [-0.1, -0.05) is 18.0 Å². The Hall–Kier alpha value is -0.770. The highest BCUT2D eigenvalue weighted by atomic mass is 35.5. The van der Waals surface area contributed by atoms with Crippen LogP contribution in [-0.2, 0) is 6.42 Å². The van der Waals surface area contributed by atoms with E-state index in [1.807, 2.05) is 25.1 Å². The second-order valence-electron chi connectivity index (χ2n) is 6.20. The quantitative estimate of drug-likeness (QED) is 0.874. The second kappa shape index (κ2) is 8.02. The Bertz CT molecular complexity index is 450. The minimum absolute atomic E-state index is 0.107. The van der Waals surface area contributed by atoms with Crippen LogP contribution in [0.2, 0.25) is 5.02 Å². The molecule has 1 aromatic rings. The third kappa shape index (κ3) is 5.17. The lowest BCUT2D eigenvalue weighted by Gasteiger charge is -2.32. The predicted octanol–water partition coefficient (Wildman–Crippen LogP) is 3.48. The molecular formula is C17H27ClN2O. The Morgan fingerprint density at radius 2 is 2.24 bits per heavy atom. The molecule has 0 radical (unpaired) electrons. The molecule has 0 aromatic heterocycles. The lowest BCUT2D eigenvalue weighted by Crippen LogP contribution is -2.37. The van der Waals surface area contributed by atoms with Crippen molar-refractivity contribution in [1.29, 1.82) is 0 Å². The third-order valence-electron chi connectivity index (χ3n) is 4.19. The van der Waals surface area contributed by atoms with Crippen molar-refractivity contribution in [2.45, 2.75) is 51.1 Å². The molecule has 0 amide bonds. The van der Waals surface area contributed by atoms with E-state index < -0.39 is 0 Å². The zero-order valence-electron chi connectivity index (χ0n) is 13.1. The number of hydrogen-bond acceptors (Lipinski definition) is 3. The van der Waals surface area contributed by atoms with E-state index in [4.69, 9.17) is 22.1 Å². The summed E-state index contributed by atoms with van der Waals surface area (Å²) in [6, 6.07) is 6.57. The number of nitrogens with two attached hydrogens (primary N) is 1. The molecule has 2 atom stereocenters. The minimum Gasteiger partial charge on any atom is -0.493 e. The Balaban J connectivity index is 1.90. The number of likely N-dealkylation sites (tertiary alicyclic amines) is 1. The number of rotatable bonds is 6. The van der Waals surface area contributed by atoms with Gasteiger partial charge in [0.05, 0.1) is 6.61 Å². The molecule has 1 fully saturated rings. The molecule has 118 valence electrons. The number of ether oxygens (including phenoxy) is 1. The van der Waals surface area contributed by atoms with E-state index in [2.05, 4.69) is 11.9 Å². The molecule has 1 aromatic carbocycles. The van der Waals surface area contributed by atoms with Crippen molar-refractivity contribution >= 4 is 11.6 Å². The standard InChI is InChI=1S/C17H27ClN2O/c1-13(19)11-14-12-15(18)6-7-17(14)21-10-8-16-5-3-4-9-20(16)2/h6-7,12-13,16H,3-5,8-11,19H2,1-2H3. The molecule has 2 N–H and O–H groups in total. The summed E-state index contributed by atoms with van der Waals surface area (Å²) < 4.78 is 6.00. The molecule has 2 rings (SSSR count). The fourth-order valence-corrected chi connectivity index (χ4v) is 3.20. The molecule has 1 aliphatic rings. The predicted molar refractivity (Wildman–Crippen MR) is 89.2 cm³/mol. The van der Waals surface area contributed by atoms with Gasteiger partial charge in [-0.05, 0) is 70.0 Å². The maximum Gasteiger partial charge on any atom is 0.122 e. The summed E-state index contributed by atoms with van der Waals surface area (Å²) in [6.07, 6.45) is 5.82. The van der Waals surface area contributed by atoms with Crippen molar-refractivity contribution in [3.8, 4) is 5.75 Å². The molecule has 0 bridgehead atoms. The van der Waals surface area contributed by atoms with Crippen LogP contribution in [0, 0.1) is 0 Å². The molecule has 4 heteroatoms. The SMILES string of the molecule is CC(N)Cc1cc(Cl)ccc1OCCC1CCCCN1C. The van der Waals surface area contributed by atoms with Crippen molar-refractivity contribution in [3.63, 3.8) is 0 Å². The van der Waals surface area contributed by atoms with Crippen LogP contribution in [0.15, 0.2) is 18.2 Å². The van der Waals surface area contributed by atoms with E-state index in [0.717, 1.165) is 35.8 Å². The summed E-state index contributed by atoms with van der Waals surface area (Å²) in [5.74, 6) is 0.926. The molecule has 0 spiro atoms. The van der Waals surface area contributed by atoms with Crippen LogP contribution in [-0.4, -0.2) is 37.2 Å². The number of hydrogen-bond donors (Lipinski definition) is 1. The van der Waals surface area contributed by atoms with E-state index in [1.54, 1.807) is 0 Å². The average molecular weight is 311 g/mol. The van der Waals surface area contributed by atoms with E-state index in [9.17, 15) is 0 Å². The van der Waals surface area contributed by atoms with Gasteiger partial charge in [0.15, 0.2) is 0 Å². The van der Waals surface area contributed by atoms with E-state index in [1.165, 1.54) is 25.8 Å². The maximum absolute atomic E-state index is 6.07. The van der Waals surface area contributed by atoms with Crippen LogP contribution in [0.3, 0.4) is 0 Å². The van der Waals surface area contributed by atoms with Gasteiger partial charge in [-0.2, -0.15) is 0 Å². The number of piperidine rings is 1. The number of halogens is 1. The Labute approximate surface area is 133 Å². The van der Waals surface area contributed by atoms with E-state index >= 15 is 0 Å². The molecule has 21 heavy (non-hydrogen) atoms. The fraction of sp³-hybridized carbons (Fsp3) is 0.647. The lowest BCUT2D eigenvalue weighted by molar-refractivity contribution is 0.153. The molecule has 0 aliphatic carbocycles. The normalized spacial score (nSPS) is 21.2. The first-order valence-electron chi connectivity index (χ1n) is 7.93. The molecule has 2 unspecified atom stereocenters. The number of nitrogens with zero attached hydrogens (tertiary/aromatic N) is 1. The van der Waals surface area contributed by atoms with Crippen LogP contribution in [0.1, 0.15) is 38.2 Å². The molecule has 1 aliphatic heterocycles. The summed E-state index contributed by atoms with van der Waals surface area (Å²) in [6.45, 7) is 3.96. The van der Waals surface area contributed by atoms with E-state index in [0.29, 0.717) is 6.04 Å². The summed E-state index contributed by atoms with van der Waals surface area (Å²) in [5, 5.41) is 0.741. The van der Waals surface area contributed by atoms with Crippen LogP contribution < -0.4 is 10.5 Å². The van der Waals surface area contributed by atoms with Gasteiger partial charge in [-0.3, -0.25) is 0 Å². The van der Waals surface area contributed by atoms with Gasteiger partial charge in [-0.25, -0.2) is 0 Å². The van der Waals surface area contributed by atoms with E-state index in [-0.39, 0.29) is 6.04 Å². The Morgan fingerprint density at radius 3 is 2.95 bits per heavy atom. The molecule has 1 heterocycles. The maximum atomic E-state index is 6.07. The summed E-state index contributed by atoms with van der Waals surface area (Å²) in [5.41, 5.74) is 7.01. The minimum atomic E-state index is 0.107. The summed E-state index contributed by atoms with van der Waals surface area (Å²) in [4.78, 5) is 2.46. The highest BCUT2D eigenvalue weighted by Crippen LogP contribution is 2.25. The lowest BCUT2D eigenvalue weighted by atomic mass is 10.0. The third-order valence-corrected chi connectivity index (χ3v) is 4.43. The monoisotopic (exact) mass is 310 g/mol. The van der Waals surface area contributed by atoms with Gasteiger partial charge in [-0.15, -0.1) is 0 Å². The fourth-order valence-electron chi connectivity index (χ4n) is 3.01. The molecule has 3 nitrogen and oxygen atoms in total. The van der Waals surface area contributed by atoms with Crippen LogP contribution >= 0.6 is 11.6 Å². The zero-order chi connectivity index (χ0) is 15.2. The Kier molecular flexibility index (Phi) is 6.34. The van der Waals surface area contributed by atoms with Crippen LogP contribution in [0.5, 0.6) is 5.75 Å². The first kappa shape index (κ1) is 16.6. The largest absolute Gasteiger partial charge is 0.493 e. The van der Waals surface area contributed by atoms with Crippen LogP contribution in [0.25, 0.3) is 0 Å². The average Bonchev–Trinajstić information content (AvgIpc) is 2.42. The van der Waals surface area contributed by atoms with Crippen LogP contribution in [0.4, 0.5) is 0 Å². The van der Waals surface area contributed by atoms with Crippen molar-refractivity contribution in [2.75, 3.05) is 20.2 Å². The molecular weight excluding hydrogens is 284 g/mol. The number of benzene rings is 1. The summed E-state index contributed by atoms with van der Waals surface area (Å²) in [7, 11) is 2.22. The van der Waals surface area contributed by atoms with Crippen molar-refractivity contribution < 1.29 is 4.74 Å². The molecule has 1 saturated heterocycles. The molecule has 0 saturated carbocycles. The van der Waals surface area contributed by atoms with Gasteiger partial charge in [0.2, 0.25) is 0 Å². The highest BCUT2D eigenvalue weighted by Gasteiger charge is 2.18. The van der Waals surface area contributed by atoms with Crippen molar-refractivity contribution in [2.24, 2.45) is 5.73 Å². The van der Waals surface area contributed by atoms with Crippen molar-refractivity contribution in [3.05, 3.63) is 28.8 Å².